The van der Waals surface area contributed by atoms with E-state index in [0.29, 0.717) is 6.54 Å². The largest absolute Gasteiger partial charge is 0.369 e. The molecule has 0 radical (unpaired) electrons. The molecule has 0 fully saturated rings. The molecule has 0 saturated heterocycles. The lowest BCUT2D eigenvalue weighted by molar-refractivity contribution is 0.809. The number of anilines is 2. The Balaban J connectivity index is 2.06. The first-order valence-corrected chi connectivity index (χ1v) is 6.82. The van der Waals surface area contributed by atoms with Gasteiger partial charge in [-0.15, -0.1) is 10.2 Å². The van der Waals surface area contributed by atoms with Crippen molar-refractivity contribution in [3.63, 3.8) is 0 Å². The maximum absolute atomic E-state index is 4.21. The van der Waals surface area contributed by atoms with E-state index in [1.807, 2.05) is 11.6 Å². The lowest BCUT2D eigenvalue weighted by Crippen LogP contribution is -2.09. The van der Waals surface area contributed by atoms with Gasteiger partial charge in [-0.25, -0.2) is 9.97 Å². The zero-order valence-electron chi connectivity index (χ0n) is 10.9. The lowest BCUT2D eigenvalue weighted by Gasteiger charge is -2.10. The van der Waals surface area contributed by atoms with Crippen molar-refractivity contribution in [3.8, 4) is 0 Å². The fourth-order valence-corrected chi connectivity index (χ4v) is 1.97. The molecule has 0 saturated carbocycles. The summed E-state index contributed by atoms with van der Waals surface area (Å²) >= 11 is 3.50. The first-order valence-electron chi connectivity index (χ1n) is 6.03. The fraction of sp³-hybridized carbons (Fsp3) is 0.455. The van der Waals surface area contributed by atoms with Gasteiger partial charge in [0, 0.05) is 13.6 Å². The molecule has 0 aliphatic carbocycles. The molecule has 2 N–H and O–H groups in total. The van der Waals surface area contributed by atoms with Gasteiger partial charge in [0.25, 0.3) is 0 Å². The quantitative estimate of drug-likeness (QED) is 0.843. The normalized spacial score (nSPS) is 10.5. The third kappa shape index (κ3) is 3.40. The van der Waals surface area contributed by atoms with Crippen LogP contribution in [0, 0.1) is 0 Å². The molecule has 0 spiro atoms. The summed E-state index contributed by atoms with van der Waals surface area (Å²) in [5.41, 5.74) is 0. The monoisotopic (exact) mass is 325 g/mol. The van der Waals surface area contributed by atoms with Gasteiger partial charge in [-0.3, -0.25) is 0 Å². The van der Waals surface area contributed by atoms with E-state index < -0.39 is 0 Å². The Morgan fingerprint density at radius 2 is 2.00 bits per heavy atom. The molecule has 0 amide bonds. The number of hydrogen-bond donors (Lipinski definition) is 2. The molecule has 0 aromatic carbocycles. The van der Waals surface area contributed by atoms with Gasteiger partial charge >= 0.3 is 0 Å². The van der Waals surface area contributed by atoms with E-state index >= 15 is 0 Å². The maximum atomic E-state index is 4.21. The number of rotatable bonds is 6. The van der Waals surface area contributed by atoms with Crippen molar-refractivity contribution < 1.29 is 0 Å². The van der Waals surface area contributed by atoms with Gasteiger partial charge in [-0.1, -0.05) is 6.92 Å². The maximum Gasteiger partial charge on any atom is 0.151 e. The molecular weight excluding hydrogens is 310 g/mol. The van der Waals surface area contributed by atoms with Crippen molar-refractivity contribution in [2.45, 2.75) is 19.9 Å². The van der Waals surface area contributed by atoms with Crippen LogP contribution in [0.5, 0.6) is 0 Å². The Morgan fingerprint density at radius 1 is 1.26 bits per heavy atom. The second-order valence-electron chi connectivity index (χ2n) is 4.02. The first kappa shape index (κ1) is 13.7. The molecule has 8 heteroatoms. The summed E-state index contributed by atoms with van der Waals surface area (Å²) in [6.07, 6.45) is 4.24. The summed E-state index contributed by atoms with van der Waals surface area (Å²) in [5, 5.41) is 14.3. The smallest absolute Gasteiger partial charge is 0.151 e. The van der Waals surface area contributed by atoms with Crippen molar-refractivity contribution in [2.24, 2.45) is 7.05 Å². The van der Waals surface area contributed by atoms with Crippen molar-refractivity contribution in [1.82, 2.24) is 24.7 Å². The minimum absolute atomic E-state index is 0.555. The second-order valence-corrected chi connectivity index (χ2v) is 4.82. The van der Waals surface area contributed by atoms with E-state index in [-0.39, 0.29) is 0 Å². The molecule has 102 valence electrons. The van der Waals surface area contributed by atoms with Crippen LogP contribution in [0.3, 0.4) is 0 Å². The van der Waals surface area contributed by atoms with Crippen LogP contribution in [0.1, 0.15) is 19.2 Å². The van der Waals surface area contributed by atoms with Crippen LogP contribution in [0.4, 0.5) is 11.6 Å². The summed E-state index contributed by atoms with van der Waals surface area (Å²) in [5.74, 6) is 2.36. The number of hydrogen-bond acceptors (Lipinski definition) is 6. The highest BCUT2D eigenvalue weighted by Crippen LogP contribution is 2.26. The number of halogens is 1. The Kier molecular flexibility index (Phi) is 4.67. The SMILES string of the molecule is CCCNc1ncnc(NCc2nncn2C)c1Br. The van der Waals surface area contributed by atoms with Crippen LogP contribution in [0.15, 0.2) is 17.1 Å². The molecule has 7 nitrogen and oxygen atoms in total. The zero-order chi connectivity index (χ0) is 13.7. The highest BCUT2D eigenvalue weighted by molar-refractivity contribution is 9.10. The number of nitrogens with zero attached hydrogens (tertiary/aromatic N) is 5. The average molecular weight is 326 g/mol. The molecule has 19 heavy (non-hydrogen) atoms. The third-order valence-electron chi connectivity index (χ3n) is 2.55. The van der Waals surface area contributed by atoms with E-state index in [4.69, 9.17) is 0 Å². The van der Waals surface area contributed by atoms with E-state index in [1.54, 1.807) is 6.33 Å². The van der Waals surface area contributed by atoms with Gasteiger partial charge in [0.05, 0.1) is 6.54 Å². The molecule has 2 aromatic rings. The van der Waals surface area contributed by atoms with Gasteiger partial charge in [0.1, 0.15) is 28.8 Å². The second kappa shape index (κ2) is 6.46. The highest BCUT2D eigenvalue weighted by atomic mass is 79.9. The van der Waals surface area contributed by atoms with Crippen molar-refractivity contribution in [3.05, 3.63) is 23.0 Å². The van der Waals surface area contributed by atoms with Crippen molar-refractivity contribution >= 4 is 27.6 Å². The number of aromatic nitrogens is 5. The van der Waals surface area contributed by atoms with Crippen LogP contribution < -0.4 is 10.6 Å². The third-order valence-corrected chi connectivity index (χ3v) is 3.30. The molecule has 2 heterocycles. The Labute approximate surface area is 120 Å². The van der Waals surface area contributed by atoms with Gasteiger partial charge in [-0.2, -0.15) is 0 Å². The van der Waals surface area contributed by atoms with Crippen LogP contribution in [-0.2, 0) is 13.6 Å². The summed E-state index contributed by atoms with van der Waals surface area (Å²) in [4.78, 5) is 8.41. The van der Waals surface area contributed by atoms with Crippen LogP contribution in [-0.4, -0.2) is 31.3 Å². The predicted octanol–water partition coefficient (Wildman–Crippen LogP) is 1.80. The molecule has 0 atom stereocenters. The summed E-state index contributed by atoms with van der Waals surface area (Å²) in [6, 6.07) is 0. The predicted molar refractivity (Wildman–Crippen MR) is 76.8 cm³/mol. The standard InChI is InChI=1S/C11H16BrN7/c1-3-4-13-10-9(12)11(16-6-15-10)14-5-8-18-17-7-19(8)2/h6-7H,3-5H2,1-2H3,(H2,13,14,15,16). The van der Waals surface area contributed by atoms with Gasteiger partial charge in [0.2, 0.25) is 0 Å². The van der Waals surface area contributed by atoms with E-state index in [1.165, 1.54) is 6.33 Å². The zero-order valence-corrected chi connectivity index (χ0v) is 12.5. The number of aryl methyl sites for hydroxylation is 1. The molecule has 0 aliphatic heterocycles. The Bertz CT molecular complexity index is 540. The molecule has 2 aromatic heterocycles. The molecule has 0 aliphatic rings. The topological polar surface area (TPSA) is 80.6 Å². The lowest BCUT2D eigenvalue weighted by atomic mass is 10.4. The molecule has 0 bridgehead atoms. The minimum atomic E-state index is 0.555. The van der Waals surface area contributed by atoms with Crippen molar-refractivity contribution in [1.29, 1.82) is 0 Å². The van der Waals surface area contributed by atoms with Crippen LogP contribution in [0.2, 0.25) is 0 Å². The van der Waals surface area contributed by atoms with Gasteiger partial charge in [-0.05, 0) is 22.4 Å². The van der Waals surface area contributed by atoms with Gasteiger partial charge < -0.3 is 15.2 Å². The molecule has 2 rings (SSSR count). The summed E-state index contributed by atoms with van der Waals surface area (Å²) in [7, 11) is 1.90. The highest BCUT2D eigenvalue weighted by Gasteiger charge is 2.09. The van der Waals surface area contributed by atoms with Crippen LogP contribution >= 0.6 is 15.9 Å². The van der Waals surface area contributed by atoms with E-state index in [0.717, 1.165) is 34.9 Å². The Hall–Kier alpha value is -1.70. The van der Waals surface area contributed by atoms with Gasteiger partial charge in [0.15, 0.2) is 5.82 Å². The molecular formula is C11H16BrN7. The molecule has 0 unspecified atom stereocenters. The summed E-state index contributed by atoms with van der Waals surface area (Å²) < 4.78 is 2.68. The number of nitrogens with one attached hydrogen (secondary N) is 2. The first-order chi connectivity index (χ1) is 9.22. The minimum Gasteiger partial charge on any atom is -0.369 e. The summed E-state index contributed by atoms with van der Waals surface area (Å²) in [6.45, 7) is 3.53. The fourth-order valence-electron chi connectivity index (χ4n) is 1.49. The average Bonchev–Trinajstić information content (AvgIpc) is 2.82. The van der Waals surface area contributed by atoms with Crippen molar-refractivity contribution in [2.75, 3.05) is 17.2 Å². The van der Waals surface area contributed by atoms with E-state index in [2.05, 4.69) is 53.7 Å². The Morgan fingerprint density at radius 3 is 2.63 bits per heavy atom. The van der Waals surface area contributed by atoms with Crippen LogP contribution in [0.25, 0.3) is 0 Å². The van der Waals surface area contributed by atoms with E-state index in [9.17, 15) is 0 Å².